The Morgan fingerprint density at radius 1 is 1.22 bits per heavy atom. The van der Waals surface area contributed by atoms with E-state index in [1.54, 1.807) is 19.1 Å². The molecule has 0 radical (unpaired) electrons. The van der Waals surface area contributed by atoms with E-state index in [1.165, 1.54) is 5.56 Å². The fourth-order valence-corrected chi connectivity index (χ4v) is 2.29. The zero-order valence-corrected chi connectivity index (χ0v) is 13.6. The van der Waals surface area contributed by atoms with Crippen molar-refractivity contribution in [2.24, 2.45) is 0 Å². The number of benzene rings is 1. The van der Waals surface area contributed by atoms with Crippen LogP contribution in [-0.4, -0.2) is 29.1 Å². The first kappa shape index (κ1) is 17.3. The number of rotatable bonds is 9. The number of esters is 1. The van der Waals surface area contributed by atoms with Crippen LogP contribution < -0.4 is 5.32 Å². The lowest BCUT2D eigenvalue weighted by molar-refractivity contribution is -0.155. The van der Waals surface area contributed by atoms with Gasteiger partial charge >= 0.3 is 5.97 Å². The molecule has 1 saturated carbocycles. The zero-order valence-electron chi connectivity index (χ0n) is 13.6. The molecule has 1 aromatic carbocycles. The molecule has 0 unspecified atom stereocenters. The molecule has 0 saturated heterocycles. The van der Waals surface area contributed by atoms with E-state index >= 15 is 0 Å². The van der Waals surface area contributed by atoms with Crippen LogP contribution in [0.25, 0.3) is 0 Å². The Balaban J connectivity index is 1.53. The summed E-state index contributed by atoms with van der Waals surface area (Å²) in [6, 6.07) is 7.46. The Hall–Kier alpha value is -2.04. The molecule has 1 aliphatic carbocycles. The van der Waals surface area contributed by atoms with E-state index in [9.17, 15) is 14.7 Å². The molecule has 5 nitrogen and oxygen atoms in total. The highest BCUT2D eigenvalue weighted by atomic mass is 16.5. The van der Waals surface area contributed by atoms with Gasteiger partial charge < -0.3 is 15.2 Å². The van der Waals surface area contributed by atoms with E-state index < -0.39 is 6.10 Å². The second-order valence-electron chi connectivity index (χ2n) is 6.14. The van der Waals surface area contributed by atoms with Crippen molar-refractivity contribution in [2.45, 2.75) is 64.0 Å². The summed E-state index contributed by atoms with van der Waals surface area (Å²) >= 11 is 0. The zero-order chi connectivity index (χ0) is 16.7. The van der Waals surface area contributed by atoms with Crippen LogP contribution in [0.5, 0.6) is 5.75 Å². The molecule has 1 aliphatic rings. The van der Waals surface area contributed by atoms with Crippen molar-refractivity contribution < 1.29 is 19.4 Å². The lowest BCUT2D eigenvalue weighted by Gasteiger charge is -2.13. The number of aromatic hydroxyl groups is 1. The smallest absolute Gasteiger partial charge is 0.306 e. The summed E-state index contributed by atoms with van der Waals surface area (Å²) in [4.78, 5) is 23.4. The maximum Gasteiger partial charge on any atom is 0.306 e. The van der Waals surface area contributed by atoms with Gasteiger partial charge in [0, 0.05) is 12.5 Å². The van der Waals surface area contributed by atoms with Crippen LogP contribution in [0, 0.1) is 0 Å². The number of ether oxygens (including phenoxy) is 1. The Bertz CT molecular complexity index is 522. The maximum absolute atomic E-state index is 11.7. The minimum absolute atomic E-state index is 0.201. The topological polar surface area (TPSA) is 75.6 Å². The van der Waals surface area contributed by atoms with Crippen molar-refractivity contribution in [3.8, 4) is 5.75 Å². The SMILES string of the molecule is C[C@H](OC(=O)CCCCCc1ccc(O)cc1)C(=O)NC1CC1. The Morgan fingerprint density at radius 3 is 2.57 bits per heavy atom. The summed E-state index contributed by atoms with van der Waals surface area (Å²) in [5.74, 6) is -0.238. The number of carbonyl (C=O) groups is 2. The summed E-state index contributed by atoms with van der Waals surface area (Å²) in [5.41, 5.74) is 1.18. The van der Waals surface area contributed by atoms with Crippen molar-refractivity contribution >= 4 is 11.9 Å². The van der Waals surface area contributed by atoms with Crippen molar-refractivity contribution in [1.82, 2.24) is 5.32 Å². The lowest BCUT2D eigenvalue weighted by Crippen LogP contribution is -2.37. The van der Waals surface area contributed by atoms with Gasteiger partial charge in [-0.05, 0) is 56.7 Å². The van der Waals surface area contributed by atoms with Crippen molar-refractivity contribution in [1.29, 1.82) is 0 Å². The highest BCUT2D eigenvalue weighted by Crippen LogP contribution is 2.19. The van der Waals surface area contributed by atoms with E-state index in [0.717, 1.165) is 38.5 Å². The van der Waals surface area contributed by atoms with Gasteiger partial charge in [-0.15, -0.1) is 0 Å². The Morgan fingerprint density at radius 2 is 1.91 bits per heavy atom. The summed E-state index contributed by atoms with van der Waals surface area (Å²) in [5, 5.41) is 12.0. The number of aryl methyl sites for hydroxylation is 1. The van der Waals surface area contributed by atoms with Crippen LogP contribution in [0.15, 0.2) is 24.3 Å². The second kappa shape index (κ2) is 8.56. The first-order chi connectivity index (χ1) is 11.0. The molecule has 0 aliphatic heterocycles. The van der Waals surface area contributed by atoms with Crippen LogP contribution in [0.3, 0.4) is 0 Å². The molecule has 0 heterocycles. The van der Waals surface area contributed by atoms with E-state index in [0.29, 0.717) is 6.42 Å². The standard InChI is InChI=1S/C18H25NO4/c1-13(18(22)19-15-9-10-15)23-17(21)6-4-2-3-5-14-7-11-16(20)12-8-14/h7-8,11-13,15,20H,2-6,9-10H2,1H3,(H,19,22)/t13-/m0/s1. The number of hydrogen-bond donors (Lipinski definition) is 2. The third kappa shape index (κ3) is 6.72. The molecule has 23 heavy (non-hydrogen) atoms. The van der Waals surface area contributed by atoms with Crippen LogP contribution in [0.1, 0.15) is 51.0 Å². The van der Waals surface area contributed by atoms with Crippen LogP contribution >= 0.6 is 0 Å². The fourth-order valence-electron chi connectivity index (χ4n) is 2.29. The highest BCUT2D eigenvalue weighted by molar-refractivity contribution is 5.83. The number of phenolic OH excluding ortho intramolecular Hbond substituents is 1. The molecule has 2 N–H and O–H groups in total. The minimum atomic E-state index is -0.708. The number of carbonyl (C=O) groups excluding carboxylic acids is 2. The molecule has 1 aromatic rings. The first-order valence-corrected chi connectivity index (χ1v) is 8.32. The maximum atomic E-state index is 11.7. The monoisotopic (exact) mass is 319 g/mol. The average Bonchev–Trinajstić information content (AvgIpc) is 3.32. The van der Waals surface area contributed by atoms with Crippen LogP contribution in [-0.2, 0) is 20.7 Å². The molecule has 0 spiro atoms. The Labute approximate surface area is 137 Å². The Kier molecular flexibility index (Phi) is 6.44. The van der Waals surface area contributed by atoms with Gasteiger partial charge in [-0.3, -0.25) is 9.59 Å². The fraction of sp³-hybridized carbons (Fsp3) is 0.556. The summed E-state index contributed by atoms with van der Waals surface area (Å²) in [6.07, 6.45) is 5.27. The van der Waals surface area contributed by atoms with Gasteiger partial charge in [-0.1, -0.05) is 18.6 Å². The van der Waals surface area contributed by atoms with Crippen molar-refractivity contribution in [3.05, 3.63) is 29.8 Å². The lowest BCUT2D eigenvalue weighted by atomic mass is 10.1. The molecule has 1 atom stereocenters. The molecule has 0 bridgehead atoms. The summed E-state index contributed by atoms with van der Waals surface area (Å²) < 4.78 is 5.14. The summed E-state index contributed by atoms with van der Waals surface area (Å²) in [6.45, 7) is 1.61. The van der Waals surface area contributed by atoms with Gasteiger partial charge in [0.15, 0.2) is 6.10 Å². The molecule has 0 aromatic heterocycles. The van der Waals surface area contributed by atoms with Gasteiger partial charge in [-0.25, -0.2) is 0 Å². The molecule has 126 valence electrons. The third-order valence-electron chi connectivity index (χ3n) is 3.88. The number of nitrogens with one attached hydrogen (secondary N) is 1. The number of phenols is 1. The molecule has 1 amide bonds. The molecular weight excluding hydrogens is 294 g/mol. The largest absolute Gasteiger partial charge is 0.508 e. The van der Waals surface area contributed by atoms with Gasteiger partial charge in [0.05, 0.1) is 0 Å². The van der Waals surface area contributed by atoms with E-state index in [2.05, 4.69) is 5.32 Å². The average molecular weight is 319 g/mol. The normalized spacial score (nSPS) is 15.0. The van der Waals surface area contributed by atoms with Gasteiger partial charge in [-0.2, -0.15) is 0 Å². The minimum Gasteiger partial charge on any atom is -0.508 e. The van der Waals surface area contributed by atoms with E-state index in [4.69, 9.17) is 4.74 Å². The highest BCUT2D eigenvalue weighted by Gasteiger charge is 2.26. The quantitative estimate of drug-likeness (QED) is 0.542. The predicted octanol–water partition coefficient (Wildman–Crippen LogP) is 2.71. The van der Waals surface area contributed by atoms with Crippen molar-refractivity contribution in [2.75, 3.05) is 0 Å². The predicted molar refractivity (Wildman–Crippen MR) is 87.0 cm³/mol. The van der Waals surface area contributed by atoms with E-state index in [1.807, 2.05) is 12.1 Å². The molecular formula is C18H25NO4. The number of amides is 1. The number of unbranched alkanes of at least 4 members (excludes halogenated alkanes) is 2. The first-order valence-electron chi connectivity index (χ1n) is 8.32. The molecule has 5 heteroatoms. The van der Waals surface area contributed by atoms with Crippen LogP contribution in [0.4, 0.5) is 0 Å². The third-order valence-corrected chi connectivity index (χ3v) is 3.88. The molecule has 1 fully saturated rings. The van der Waals surface area contributed by atoms with Gasteiger partial charge in [0.1, 0.15) is 5.75 Å². The van der Waals surface area contributed by atoms with Gasteiger partial charge in [0.2, 0.25) is 0 Å². The van der Waals surface area contributed by atoms with Crippen molar-refractivity contribution in [3.63, 3.8) is 0 Å². The number of hydrogen-bond acceptors (Lipinski definition) is 4. The van der Waals surface area contributed by atoms with E-state index in [-0.39, 0.29) is 23.7 Å². The second-order valence-corrected chi connectivity index (χ2v) is 6.14. The summed E-state index contributed by atoms with van der Waals surface area (Å²) in [7, 11) is 0. The van der Waals surface area contributed by atoms with Crippen LogP contribution in [0.2, 0.25) is 0 Å². The molecule has 2 rings (SSSR count). The van der Waals surface area contributed by atoms with Gasteiger partial charge in [0.25, 0.3) is 5.91 Å².